The lowest BCUT2D eigenvalue weighted by Gasteiger charge is -2.21. The Kier molecular flexibility index (Phi) is 3.93. The maximum Gasteiger partial charge on any atom is 0.282 e. The number of nitrogen functional groups attached to an aromatic ring is 1. The molecule has 3 N–H and O–H groups in total. The fourth-order valence-corrected chi connectivity index (χ4v) is 2.78. The minimum absolute atomic E-state index is 0.141. The number of carbonyl (C=O) groups is 1. The normalized spacial score (nSPS) is 25.2. The molecule has 1 saturated carbocycles. The van der Waals surface area contributed by atoms with Crippen LogP contribution in [0.3, 0.4) is 0 Å². The third-order valence-corrected chi connectivity index (χ3v) is 4.06. The molecule has 1 heterocycles. The first kappa shape index (κ1) is 12.3. The summed E-state index contributed by atoms with van der Waals surface area (Å²) >= 11 is 1.13. The average Bonchev–Trinajstić information content (AvgIpc) is 2.63. The van der Waals surface area contributed by atoms with Crippen molar-refractivity contribution in [2.75, 3.05) is 5.73 Å². The van der Waals surface area contributed by atoms with E-state index in [9.17, 15) is 4.79 Å². The Morgan fingerprint density at radius 2 is 2.12 bits per heavy atom. The van der Waals surface area contributed by atoms with E-state index in [2.05, 4.69) is 22.4 Å². The molecule has 1 aliphatic carbocycles. The zero-order valence-electron chi connectivity index (χ0n) is 9.98. The average molecular weight is 254 g/mol. The second-order valence-electron chi connectivity index (χ2n) is 4.64. The molecule has 1 amide bonds. The summed E-state index contributed by atoms with van der Waals surface area (Å²) in [6.07, 6.45) is 5.96. The molecule has 0 aliphatic heterocycles. The lowest BCUT2D eigenvalue weighted by molar-refractivity contribution is 0.0920. The van der Waals surface area contributed by atoms with Crippen LogP contribution in [0.15, 0.2) is 0 Å². The van der Waals surface area contributed by atoms with E-state index in [1.807, 2.05) is 0 Å². The van der Waals surface area contributed by atoms with E-state index >= 15 is 0 Å². The Morgan fingerprint density at radius 1 is 1.35 bits per heavy atom. The molecule has 17 heavy (non-hydrogen) atoms. The standard InChI is InChI=1S/C11H18N4OS/c1-7-5-3-2-4-6-8(7)13-9(16)10-14-15-11(12)17-10/h7-8H,2-6H2,1H3,(H2,12,15)(H,13,16). The number of nitrogens with two attached hydrogens (primary N) is 1. The molecule has 2 rings (SSSR count). The first-order valence-electron chi connectivity index (χ1n) is 6.06. The molecule has 0 saturated heterocycles. The van der Waals surface area contributed by atoms with Crippen molar-refractivity contribution in [3.8, 4) is 0 Å². The van der Waals surface area contributed by atoms with Crippen LogP contribution in [-0.4, -0.2) is 22.1 Å². The maximum atomic E-state index is 11.9. The second-order valence-corrected chi connectivity index (χ2v) is 5.65. The molecule has 94 valence electrons. The SMILES string of the molecule is CC1CCCCCC1NC(=O)c1nnc(N)s1. The molecular weight excluding hydrogens is 236 g/mol. The van der Waals surface area contributed by atoms with Crippen molar-refractivity contribution in [3.05, 3.63) is 5.01 Å². The molecule has 1 aromatic rings. The van der Waals surface area contributed by atoms with Crippen LogP contribution in [0.5, 0.6) is 0 Å². The summed E-state index contributed by atoms with van der Waals surface area (Å²) in [5.74, 6) is 0.393. The molecule has 6 heteroatoms. The van der Waals surface area contributed by atoms with Crippen LogP contribution in [0.1, 0.15) is 48.8 Å². The number of nitrogens with zero attached hydrogens (tertiary/aromatic N) is 2. The molecule has 0 spiro atoms. The number of nitrogens with one attached hydrogen (secondary N) is 1. The minimum Gasteiger partial charge on any atom is -0.374 e. The van der Waals surface area contributed by atoms with Crippen molar-refractivity contribution in [2.45, 2.75) is 45.1 Å². The van der Waals surface area contributed by atoms with E-state index in [1.54, 1.807) is 0 Å². The van der Waals surface area contributed by atoms with Gasteiger partial charge in [0.25, 0.3) is 5.91 Å². The Balaban J connectivity index is 1.97. The molecule has 5 nitrogen and oxygen atoms in total. The van der Waals surface area contributed by atoms with Crippen LogP contribution in [0.4, 0.5) is 5.13 Å². The molecule has 1 aromatic heterocycles. The van der Waals surface area contributed by atoms with E-state index in [0.29, 0.717) is 16.1 Å². The summed E-state index contributed by atoms with van der Waals surface area (Å²) in [5.41, 5.74) is 5.47. The Hall–Kier alpha value is -1.17. The van der Waals surface area contributed by atoms with Crippen LogP contribution in [-0.2, 0) is 0 Å². The van der Waals surface area contributed by atoms with Gasteiger partial charge in [0.2, 0.25) is 10.1 Å². The van der Waals surface area contributed by atoms with E-state index in [0.717, 1.165) is 17.8 Å². The van der Waals surface area contributed by atoms with Gasteiger partial charge in [0.1, 0.15) is 0 Å². The van der Waals surface area contributed by atoms with Crippen LogP contribution in [0, 0.1) is 5.92 Å². The first-order valence-corrected chi connectivity index (χ1v) is 6.88. The third-order valence-electron chi connectivity index (χ3n) is 3.31. The van der Waals surface area contributed by atoms with Crippen LogP contribution in [0.2, 0.25) is 0 Å². The second kappa shape index (κ2) is 5.44. The highest BCUT2D eigenvalue weighted by molar-refractivity contribution is 7.16. The van der Waals surface area contributed by atoms with Gasteiger partial charge in [0, 0.05) is 6.04 Å². The zero-order chi connectivity index (χ0) is 12.3. The number of carbonyl (C=O) groups excluding carboxylic acids is 1. The summed E-state index contributed by atoms with van der Waals surface area (Å²) in [6.45, 7) is 2.20. The van der Waals surface area contributed by atoms with Crippen LogP contribution >= 0.6 is 11.3 Å². The van der Waals surface area contributed by atoms with Gasteiger partial charge in [-0.15, -0.1) is 10.2 Å². The predicted octanol–water partition coefficient (Wildman–Crippen LogP) is 1.82. The highest BCUT2D eigenvalue weighted by Gasteiger charge is 2.23. The van der Waals surface area contributed by atoms with Gasteiger partial charge in [-0.25, -0.2) is 0 Å². The van der Waals surface area contributed by atoms with Gasteiger partial charge >= 0.3 is 0 Å². The molecule has 0 bridgehead atoms. The van der Waals surface area contributed by atoms with Gasteiger partial charge in [-0.1, -0.05) is 37.5 Å². The molecular formula is C11H18N4OS. The Bertz CT molecular complexity index is 393. The Labute approximate surface area is 105 Å². The third kappa shape index (κ3) is 3.15. The number of hydrogen-bond acceptors (Lipinski definition) is 5. The highest BCUT2D eigenvalue weighted by atomic mass is 32.1. The van der Waals surface area contributed by atoms with E-state index < -0.39 is 0 Å². The molecule has 1 fully saturated rings. The fraction of sp³-hybridized carbons (Fsp3) is 0.727. The van der Waals surface area contributed by atoms with E-state index in [4.69, 9.17) is 5.73 Å². The van der Waals surface area contributed by atoms with E-state index in [1.165, 1.54) is 25.7 Å². The smallest absolute Gasteiger partial charge is 0.282 e. The predicted molar refractivity (Wildman–Crippen MR) is 67.8 cm³/mol. The van der Waals surface area contributed by atoms with Crippen molar-refractivity contribution in [1.29, 1.82) is 0 Å². The van der Waals surface area contributed by atoms with Gasteiger partial charge in [0.05, 0.1) is 0 Å². The molecule has 1 aliphatic rings. The minimum atomic E-state index is -0.141. The van der Waals surface area contributed by atoms with Gasteiger partial charge in [-0.2, -0.15) is 0 Å². The van der Waals surface area contributed by atoms with Crippen LogP contribution in [0.25, 0.3) is 0 Å². The summed E-state index contributed by atoms with van der Waals surface area (Å²) in [5, 5.41) is 11.2. The largest absolute Gasteiger partial charge is 0.374 e. The molecule has 2 atom stereocenters. The quantitative estimate of drug-likeness (QED) is 0.789. The molecule has 0 radical (unpaired) electrons. The first-order chi connectivity index (χ1) is 8.16. The fourth-order valence-electron chi connectivity index (χ4n) is 2.26. The van der Waals surface area contributed by atoms with Crippen molar-refractivity contribution < 1.29 is 4.79 Å². The number of aromatic nitrogens is 2. The lowest BCUT2D eigenvalue weighted by Crippen LogP contribution is -2.38. The van der Waals surface area contributed by atoms with Gasteiger partial charge in [-0.3, -0.25) is 4.79 Å². The zero-order valence-corrected chi connectivity index (χ0v) is 10.8. The van der Waals surface area contributed by atoms with E-state index in [-0.39, 0.29) is 11.9 Å². The molecule has 2 unspecified atom stereocenters. The summed E-state index contributed by atoms with van der Waals surface area (Å²) < 4.78 is 0. The summed E-state index contributed by atoms with van der Waals surface area (Å²) in [6, 6.07) is 0.259. The van der Waals surface area contributed by atoms with Crippen molar-refractivity contribution in [1.82, 2.24) is 15.5 Å². The topological polar surface area (TPSA) is 80.9 Å². The lowest BCUT2D eigenvalue weighted by atomic mass is 9.97. The van der Waals surface area contributed by atoms with Crippen molar-refractivity contribution in [3.63, 3.8) is 0 Å². The number of anilines is 1. The number of amides is 1. The molecule has 0 aromatic carbocycles. The van der Waals surface area contributed by atoms with Crippen molar-refractivity contribution in [2.24, 2.45) is 5.92 Å². The van der Waals surface area contributed by atoms with Gasteiger partial charge in [-0.05, 0) is 18.8 Å². The van der Waals surface area contributed by atoms with Crippen LogP contribution < -0.4 is 11.1 Å². The number of hydrogen-bond donors (Lipinski definition) is 2. The van der Waals surface area contributed by atoms with Crippen molar-refractivity contribution >= 4 is 22.4 Å². The monoisotopic (exact) mass is 254 g/mol. The highest BCUT2D eigenvalue weighted by Crippen LogP contribution is 2.23. The summed E-state index contributed by atoms with van der Waals surface area (Å²) in [4.78, 5) is 11.9. The van der Waals surface area contributed by atoms with Gasteiger partial charge < -0.3 is 11.1 Å². The summed E-state index contributed by atoms with van der Waals surface area (Å²) in [7, 11) is 0. The Morgan fingerprint density at radius 3 is 2.82 bits per heavy atom. The maximum absolute atomic E-state index is 11.9. The number of rotatable bonds is 2. The van der Waals surface area contributed by atoms with Gasteiger partial charge in [0.15, 0.2) is 0 Å².